The molecular weight excluding hydrogens is 446 g/mol. The van der Waals surface area contributed by atoms with Crippen molar-refractivity contribution >= 4 is 39.3 Å². The fourth-order valence-corrected chi connectivity index (χ4v) is 4.48. The summed E-state index contributed by atoms with van der Waals surface area (Å²) in [5.41, 5.74) is 2.58. The van der Waals surface area contributed by atoms with Crippen molar-refractivity contribution in [1.29, 1.82) is 0 Å². The monoisotopic (exact) mass is 475 g/mol. The molecule has 0 fully saturated rings. The number of benzene rings is 2. The molecule has 0 spiro atoms. The lowest BCUT2D eigenvalue weighted by Gasteiger charge is -2.18. The van der Waals surface area contributed by atoms with E-state index in [0.717, 1.165) is 5.56 Å². The summed E-state index contributed by atoms with van der Waals surface area (Å²) in [4.78, 5) is 25.4. The first kappa shape index (κ1) is 25.6. The number of carbonyl (C=O) groups is 2. The molecule has 0 aliphatic heterocycles. The minimum Gasteiger partial charge on any atom is -0.340 e. The summed E-state index contributed by atoms with van der Waals surface area (Å²) in [6.07, 6.45) is 3.89. The van der Waals surface area contributed by atoms with Crippen molar-refractivity contribution in [3.63, 3.8) is 0 Å². The van der Waals surface area contributed by atoms with Crippen LogP contribution in [0.1, 0.15) is 27.9 Å². The molecule has 1 unspecified atom stereocenters. The molecule has 172 valence electrons. The first-order chi connectivity index (χ1) is 15.2. The molecule has 0 saturated carbocycles. The lowest BCUT2D eigenvalue weighted by atomic mass is 10.1. The molecular formula is C23H29N3O4S2. The van der Waals surface area contributed by atoms with Crippen LogP contribution >= 0.6 is 11.8 Å². The lowest BCUT2D eigenvalue weighted by Crippen LogP contribution is -2.44. The van der Waals surface area contributed by atoms with Gasteiger partial charge >= 0.3 is 0 Å². The quantitative estimate of drug-likeness (QED) is 0.409. The summed E-state index contributed by atoms with van der Waals surface area (Å²) in [6.45, 7) is 5.56. The summed E-state index contributed by atoms with van der Waals surface area (Å²) in [7, 11) is -3.46. The minimum atomic E-state index is -3.46. The Balaban J connectivity index is 2.04. The van der Waals surface area contributed by atoms with Gasteiger partial charge in [-0.05, 0) is 55.2 Å². The fraction of sp³-hybridized carbons (Fsp3) is 0.304. The SMILES string of the molecule is C=CCNS(=O)(=O)Cc1ccc(NC(=O)C(CCSC)NC(=O)c2cccc(C)c2)cc1. The van der Waals surface area contributed by atoms with Gasteiger partial charge in [0.1, 0.15) is 6.04 Å². The van der Waals surface area contributed by atoms with Crippen LogP contribution in [0.2, 0.25) is 0 Å². The molecule has 2 aromatic carbocycles. The van der Waals surface area contributed by atoms with Crippen LogP contribution in [0.4, 0.5) is 5.69 Å². The third-order valence-electron chi connectivity index (χ3n) is 4.54. The predicted octanol–water partition coefficient (Wildman–Crippen LogP) is 3.09. The highest BCUT2D eigenvalue weighted by Crippen LogP contribution is 2.14. The number of carbonyl (C=O) groups excluding carboxylic acids is 2. The van der Waals surface area contributed by atoms with Gasteiger partial charge in [0.05, 0.1) is 5.75 Å². The smallest absolute Gasteiger partial charge is 0.251 e. The molecule has 32 heavy (non-hydrogen) atoms. The topological polar surface area (TPSA) is 104 Å². The zero-order valence-electron chi connectivity index (χ0n) is 18.3. The number of hydrogen-bond donors (Lipinski definition) is 3. The van der Waals surface area contributed by atoms with Crippen LogP contribution in [0.3, 0.4) is 0 Å². The van der Waals surface area contributed by atoms with Crippen molar-refractivity contribution in [2.24, 2.45) is 0 Å². The summed E-state index contributed by atoms with van der Waals surface area (Å²) in [6, 6.07) is 13.1. The summed E-state index contributed by atoms with van der Waals surface area (Å²) < 4.78 is 26.4. The highest BCUT2D eigenvalue weighted by atomic mass is 32.2. The van der Waals surface area contributed by atoms with E-state index in [1.165, 1.54) is 6.08 Å². The highest BCUT2D eigenvalue weighted by molar-refractivity contribution is 7.98. The Hall–Kier alpha value is -2.62. The van der Waals surface area contributed by atoms with Gasteiger partial charge in [-0.15, -0.1) is 6.58 Å². The maximum atomic E-state index is 12.8. The Bertz CT molecular complexity index is 1040. The lowest BCUT2D eigenvalue weighted by molar-refractivity contribution is -0.118. The fourth-order valence-electron chi connectivity index (χ4n) is 2.90. The van der Waals surface area contributed by atoms with Crippen molar-refractivity contribution < 1.29 is 18.0 Å². The van der Waals surface area contributed by atoms with Gasteiger partial charge in [0.2, 0.25) is 15.9 Å². The highest BCUT2D eigenvalue weighted by Gasteiger charge is 2.21. The Morgan fingerprint density at radius 3 is 2.50 bits per heavy atom. The third-order valence-corrected chi connectivity index (χ3v) is 6.50. The van der Waals surface area contributed by atoms with Crippen molar-refractivity contribution in [2.45, 2.75) is 25.1 Å². The summed E-state index contributed by atoms with van der Waals surface area (Å²) in [5, 5.41) is 5.62. The van der Waals surface area contributed by atoms with Crippen molar-refractivity contribution in [3.8, 4) is 0 Å². The molecule has 2 amide bonds. The van der Waals surface area contributed by atoms with Crippen LogP contribution in [0.25, 0.3) is 0 Å². The van der Waals surface area contributed by atoms with Gasteiger partial charge in [0.15, 0.2) is 0 Å². The molecule has 0 bridgehead atoms. The van der Waals surface area contributed by atoms with Crippen LogP contribution < -0.4 is 15.4 Å². The molecule has 0 aliphatic rings. The number of hydrogen-bond acceptors (Lipinski definition) is 5. The predicted molar refractivity (Wildman–Crippen MR) is 131 cm³/mol. The standard InChI is InChI=1S/C23H29N3O4S2/c1-4-13-24-32(29,30)16-18-8-10-20(11-9-18)25-23(28)21(12-14-31-3)26-22(27)19-7-5-6-17(2)15-19/h4-11,15,21,24H,1,12-14,16H2,2-3H3,(H,25,28)(H,26,27). The van der Waals surface area contributed by atoms with E-state index in [1.807, 2.05) is 19.2 Å². The van der Waals surface area contributed by atoms with Crippen molar-refractivity contribution in [3.05, 3.63) is 77.9 Å². The molecule has 9 heteroatoms. The minimum absolute atomic E-state index is 0.169. The van der Waals surface area contributed by atoms with E-state index < -0.39 is 16.1 Å². The van der Waals surface area contributed by atoms with E-state index in [0.29, 0.717) is 29.0 Å². The summed E-state index contributed by atoms with van der Waals surface area (Å²) in [5.74, 6) is -0.0887. The van der Waals surface area contributed by atoms with Crippen molar-refractivity contribution in [1.82, 2.24) is 10.0 Å². The Morgan fingerprint density at radius 2 is 1.88 bits per heavy atom. The van der Waals surface area contributed by atoms with Gasteiger partial charge in [0, 0.05) is 17.8 Å². The van der Waals surface area contributed by atoms with Gasteiger partial charge in [-0.3, -0.25) is 9.59 Å². The zero-order valence-corrected chi connectivity index (χ0v) is 19.9. The second-order valence-corrected chi connectivity index (χ2v) is 10.1. The van der Waals surface area contributed by atoms with Crippen molar-refractivity contribution in [2.75, 3.05) is 23.9 Å². The molecule has 0 heterocycles. The number of sulfonamides is 1. The molecule has 1 atom stereocenters. The number of aryl methyl sites for hydroxylation is 1. The number of thioether (sulfide) groups is 1. The average Bonchev–Trinajstić information content (AvgIpc) is 2.76. The van der Waals surface area contributed by atoms with Gasteiger partial charge in [-0.25, -0.2) is 13.1 Å². The van der Waals surface area contributed by atoms with Crippen LogP contribution in [-0.4, -0.2) is 44.8 Å². The maximum absolute atomic E-state index is 12.8. The Labute approximate surface area is 194 Å². The van der Waals surface area contributed by atoms with E-state index in [9.17, 15) is 18.0 Å². The zero-order chi connectivity index (χ0) is 23.6. The first-order valence-corrected chi connectivity index (χ1v) is 13.1. The second kappa shape index (κ2) is 12.4. The number of amides is 2. The average molecular weight is 476 g/mol. The third kappa shape index (κ3) is 8.49. The van der Waals surface area contributed by atoms with Crippen LogP contribution in [0.5, 0.6) is 0 Å². The second-order valence-electron chi connectivity index (χ2n) is 7.26. The summed E-state index contributed by atoms with van der Waals surface area (Å²) >= 11 is 1.59. The van der Waals surface area contributed by atoms with Gasteiger partial charge in [0.25, 0.3) is 5.91 Å². The molecule has 0 aromatic heterocycles. The number of rotatable bonds is 12. The van der Waals surface area contributed by atoms with Gasteiger partial charge in [-0.1, -0.05) is 35.9 Å². The van der Waals surface area contributed by atoms with Gasteiger partial charge in [-0.2, -0.15) is 11.8 Å². The molecule has 0 saturated heterocycles. The van der Waals surface area contributed by atoms with Crippen LogP contribution in [0.15, 0.2) is 61.2 Å². The molecule has 7 nitrogen and oxygen atoms in total. The normalized spacial score (nSPS) is 12.1. The van der Waals surface area contributed by atoms with E-state index in [-0.39, 0.29) is 24.1 Å². The first-order valence-electron chi connectivity index (χ1n) is 10.1. The molecule has 2 rings (SSSR count). The van der Waals surface area contributed by atoms with E-state index in [4.69, 9.17) is 0 Å². The van der Waals surface area contributed by atoms with E-state index in [2.05, 4.69) is 21.9 Å². The van der Waals surface area contributed by atoms with Crippen LogP contribution in [0, 0.1) is 6.92 Å². The Morgan fingerprint density at radius 1 is 1.16 bits per heavy atom. The largest absolute Gasteiger partial charge is 0.340 e. The number of nitrogens with one attached hydrogen (secondary N) is 3. The molecule has 3 N–H and O–H groups in total. The van der Waals surface area contributed by atoms with E-state index >= 15 is 0 Å². The number of anilines is 1. The molecule has 2 aromatic rings. The molecule has 0 aliphatic carbocycles. The Kier molecular flexibility index (Phi) is 9.96. The van der Waals surface area contributed by atoms with E-state index in [1.54, 1.807) is 54.2 Å². The van der Waals surface area contributed by atoms with Gasteiger partial charge < -0.3 is 10.6 Å². The molecule has 0 radical (unpaired) electrons. The maximum Gasteiger partial charge on any atom is 0.251 e. The van der Waals surface area contributed by atoms with Crippen LogP contribution in [-0.2, 0) is 20.6 Å².